The van der Waals surface area contributed by atoms with Gasteiger partial charge in [-0.15, -0.1) is 11.3 Å². The molecule has 0 saturated carbocycles. The number of nitrogens with zero attached hydrogens (tertiary/aromatic N) is 4. The Hall–Kier alpha value is -2.80. The number of hydrogen-bond acceptors (Lipinski definition) is 7. The first-order chi connectivity index (χ1) is 15.7. The van der Waals surface area contributed by atoms with Crippen molar-refractivity contribution in [2.45, 2.75) is 18.0 Å². The average Bonchev–Trinajstić information content (AvgIpc) is 3.42. The van der Waals surface area contributed by atoms with Crippen molar-refractivity contribution in [3.63, 3.8) is 0 Å². The molecule has 33 heavy (non-hydrogen) atoms. The number of hydrogen-bond donors (Lipinski definition) is 3. The number of fused-ring (bicyclic) bond motifs is 2. The van der Waals surface area contributed by atoms with E-state index in [4.69, 9.17) is 11.1 Å². The molecule has 12 heteroatoms. The van der Waals surface area contributed by atoms with E-state index in [9.17, 15) is 13.2 Å². The predicted octanol–water partition coefficient (Wildman–Crippen LogP) is 1.04. The molecule has 0 spiro atoms. The highest BCUT2D eigenvalue weighted by Gasteiger charge is 2.33. The molecular weight excluding hydrogens is 462 g/mol. The molecule has 174 valence electrons. The smallest absolute Gasteiger partial charge is 0.282 e. The van der Waals surface area contributed by atoms with Crippen LogP contribution in [0.15, 0.2) is 29.3 Å². The van der Waals surface area contributed by atoms with Crippen LogP contribution >= 0.6 is 11.3 Å². The number of carbonyl (C=O) groups excluding carboxylic acids is 1. The highest BCUT2D eigenvalue weighted by atomic mass is 32.2. The number of nitrogens with one attached hydrogen (secondary N) is 2. The van der Waals surface area contributed by atoms with Crippen LogP contribution in [0.5, 0.6) is 0 Å². The SMILES string of the molecule is CN1CCc2nc(C(=O)N3CCN(S(=O)(=O)c4cc5cc(C(=N)N)ccc5[nH]4)CC3)sc2C1. The lowest BCUT2D eigenvalue weighted by Gasteiger charge is -2.33. The summed E-state index contributed by atoms with van der Waals surface area (Å²) in [6.07, 6.45) is 0.847. The molecule has 2 aromatic heterocycles. The van der Waals surface area contributed by atoms with Crippen molar-refractivity contribution in [3.05, 3.63) is 45.4 Å². The molecular formula is C21H25N7O3S2. The maximum absolute atomic E-state index is 13.2. The summed E-state index contributed by atoms with van der Waals surface area (Å²) in [4.78, 5) is 25.5. The first-order valence-electron chi connectivity index (χ1n) is 10.7. The summed E-state index contributed by atoms with van der Waals surface area (Å²) in [5, 5.41) is 8.82. The summed E-state index contributed by atoms with van der Waals surface area (Å²) in [5.41, 5.74) is 7.74. The van der Waals surface area contributed by atoms with Gasteiger partial charge in [0.05, 0.1) is 5.69 Å². The van der Waals surface area contributed by atoms with Crippen molar-refractivity contribution >= 4 is 44.0 Å². The van der Waals surface area contributed by atoms with E-state index in [0.717, 1.165) is 30.1 Å². The van der Waals surface area contributed by atoms with Gasteiger partial charge in [-0.2, -0.15) is 4.31 Å². The Kier molecular flexibility index (Phi) is 5.47. The monoisotopic (exact) mass is 487 g/mol. The van der Waals surface area contributed by atoms with Gasteiger partial charge in [-0.3, -0.25) is 10.2 Å². The van der Waals surface area contributed by atoms with Gasteiger partial charge in [-0.1, -0.05) is 0 Å². The molecule has 1 saturated heterocycles. The lowest BCUT2D eigenvalue weighted by atomic mass is 10.1. The van der Waals surface area contributed by atoms with Crippen molar-refractivity contribution in [1.82, 2.24) is 24.1 Å². The number of amides is 1. The Balaban J connectivity index is 1.29. The summed E-state index contributed by atoms with van der Waals surface area (Å²) in [6, 6.07) is 6.64. The van der Waals surface area contributed by atoms with Crippen molar-refractivity contribution in [3.8, 4) is 0 Å². The number of nitrogens with two attached hydrogens (primary N) is 1. The number of nitrogen functional groups attached to an aromatic ring is 1. The van der Waals surface area contributed by atoms with Crippen molar-refractivity contribution in [1.29, 1.82) is 5.41 Å². The minimum absolute atomic E-state index is 0.0728. The maximum atomic E-state index is 13.2. The largest absolute Gasteiger partial charge is 0.384 e. The quantitative estimate of drug-likeness (QED) is 0.371. The van der Waals surface area contributed by atoms with Crippen LogP contribution in [0.1, 0.15) is 25.9 Å². The number of benzene rings is 1. The van der Waals surface area contributed by atoms with Crippen molar-refractivity contribution in [2.24, 2.45) is 5.73 Å². The van der Waals surface area contributed by atoms with Crippen LogP contribution in [-0.2, 0) is 23.0 Å². The number of sulfonamides is 1. The molecule has 10 nitrogen and oxygen atoms in total. The molecule has 1 amide bonds. The van der Waals surface area contributed by atoms with Gasteiger partial charge in [-0.05, 0) is 31.3 Å². The Morgan fingerprint density at radius 1 is 1.18 bits per heavy atom. The molecule has 0 bridgehead atoms. The van der Waals surface area contributed by atoms with E-state index in [-0.39, 0.29) is 29.9 Å². The summed E-state index contributed by atoms with van der Waals surface area (Å²) < 4.78 is 27.8. The molecule has 4 heterocycles. The lowest BCUT2D eigenvalue weighted by Crippen LogP contribution is -2.50. The fraction of sp³-hybridized carbons (Fsp3) is 0.381. The van der Waals surface area contributed by atoms with Crippen LogP contribution in [0.3, 0.4) is 0 Å². The second kappa shape index (κ2) is 8.20. The third-order valence-electron chi connectivity index (χ3n) is 6.16. The third kappa shape index (κ3) is 4.03. The number of amidine groups is 1. The molecule has 3 aromatic rings. The zero-order chi connectivity index (χ0) is 23.3. The van der Waals surface area contributed by atoms with Crippen LogP contribution in [0.4, 0.5) is 0 Å². The highest BCUT2D eigenvalue weighted by Crippen LogP contribution is 2.27. The molecule has 1 aromatic carbocycles. The lowest BCUT2D eigenvalue weighted by molar-refractivity contribution is 0.0697. The zero-order valence-corrected chi connectivity index (χ0v) is 19.8. The van der Waals surface area contributed by atoms with E-state index in [1.54, 1.807) is 29.2 Å². The molecule has 5 rings (SSSR count). The number of carbonyl (C=O) groups is 1. The second-order valence-corrected chi connectivity index (χ2v) is 11.4. The van der Waals surface area contributed by atoms with Gasteiger partial charge < -0.3 is 20.5 Å². The summed E-state index contributed by atoms with van der Waals surface area (Å²) in [5.74, 6) is -0.201. The topological polar surface area (TPSA) is 139 Å². The Labute approximate surface area is 195 Å². The Bertz CT molecular complexity index is 1350. The number of piperazine rings is 1. The van der Waals surface area contributed by atoms with E-state index in [2.05, 4.69) is 21.9 Å². The number of likely N-dealkylation sites (N-methyl/N-ethyl adjacent to an activating group) is 1. The summed E-state index contributed by atoms with van der Waals surface area (Å²) in [6.45, 7) is 2.81. The van der Waals surface area contributed by atoms with Gasteiger partial charge >= 0.3 is 0 Å². The zero-order valence-electron chi connectivity index (χ0n) is 18.2. The second-order valence-electron chi connectivity index (χ2n) is 8.42. The molecule has 2 aliphatic heterocycles. The highest BCUT2D eigenvalue weighted by molar-refractivity contribution is 7.89. The number of aromatic amines is 1. The van der Waals surface area contributed by atoms with E-state index in [0.29, 0.717) is 34.6 Å². The summed E-state index contributed by atoms with van der Waals surface area (Å²) >= 11 is 1.44. The summed E-state index contributed by atoms with van der Waals surface area (Å²) in [7, 11) is -1.69. The van der Waals surface area contributed by atoms with Crippen LogP contribution in [0, 0.1) is 5.41 Å². The van der Waals surface area contributed by atoms with Crippen LogP contribution in [0.25, 0.3) is 10.9 Å². The van der Waals surface area contributed by atoms with Crippen LogP contribution in [-0.4, -0.2) is 84.0 Å². The van der Waals surface area contributed by atoms with E-state index < -0.39 is 10.0 Å². The number of thiazole rings is 1. The first kappa shape index (κ1) is 22.0. The first-order valence-corrected chi connectivity index (χ1v) is 12.9. The van der Waals surface area contributed by atoms with Gasteiger partial charge in [-0.25, -0.2) is 13.4 Å². The van der Waals surface area contributed by atoms with E-state index >= 15 is 0 Å². The van der Waals surface area contributed by atoms with E-state index in [1.165, 1.54) is 15.6 Å². The normalized spacial score (nSPS) is 17.9. The molecule has 0 aliphatic carbocycles. The van der Waals surface area contributed by atoms with Gasteiger partial charge in [0.2, 0.25) is 0 Å². The fourth-order valence-electron chi connectivity index (χ4n) is 4.23. The molecule has 2 aliphatic rings. The van der Waals surface area contributed by atoms with Gasteiger partial charge in [0.1, 0.15) is 10.9 Å². The Morgan fingerprint density at radius 2 is 1.94 bits per heavy atom. The number of H-pyrrole nitrogens is 1. The standard InChI is InChI=1S/C21H25N7O3S2/c1-26-5-4-16-17(12-26)32-20(25-16)21(29)27-6-8-28(9-7-27)33(30,31)18-11-14-10-13(19(22)23)2-3-15(14)24-18/h2-3,10-11,24H,4-9,12H2,1H3,(H3,22,23). The third-order valence-corrected chi connectivity index (χ3v) is 9.05. The molecule has 4 N–H and O–H groups in total. The predicted molar refractivity (Wildman–Crippen MR) is 126 cm³/mol. The number of rotatable bonds is 4. The van der Waals surface area contributed by atoms with E-state index in [1.807, 2.05) is 0 Å². The number of aromatic nitrogens is 2. The molecule has 1 fully saturated rings. The van der Waals surface area contributed by atoms with Crippen molar-refractivity contribution in [2.75, 3.05) is 39.8 Å². The van der Waals surface area contributed by atoms with Crippen LogP contribution < -0.4 is 5.73 Å². The van der Waals surface area contributed by atoms with Gasteiger partial charge in [0.25, 0.3) is 15.9 Å². The maximum Gasteiger partial charge on any atom is 0.282 e. The minimum atomic E-state index is -3.74. The van der Waals surface area contributed by atoms with Gasteiger partial charge in [0.15, 0.2) is 5.01 Å². The van der Waals surface area contributed by atoms with Crippen molar-refractivity contribution < 1.29 is 13.2 Å². The molecule has 0 unspecified atom stereocenters. The average molecular weight is 488 g/mol. The van der Waals surface area contributed by atoms with Crippen LogP contribution in [0.2, 0.25) is 0 Å². The Morgan fingerprint density at radius 3 is 2.67 bits per heavy atom. The minimum Gasteiger partial charge on any atom is -0.384 e. The molecule has 0 atom stereocenters. The molecule has 0 radical (unpaired) electrons. The fourth-order valence-corrected chi connectivity index (χ4v) is 6.83. The van der Waals surface area contributed by atoms with Gasteiger partial charge in [0, 0.05) is 67.0 Å².